The Labute approximate surface area is 158 Å². The number of thioether (sulfide) groups is 1. The molecule has 3 aromatic rings. The average molecular weight is 394 g/mol. The summed E-state index contributed by atoms with van der Waals surface area (Å²) in [6, 6.07) is 13.4. The number of carbonyl (C=O) groups is 1. The summed E-state index contributed by atoms with van der Waals surface area (Å²) in [5.41, 5.74) is 0.864. The molecule has 1 amide bonds. The molecule has 0 saturated carbocycles. The van der Waals surface area contributed by atoms with Crippen molar-refractivity contribution in [1.29, 1.82) is 0 Å². The molecule has 1 aromatic carbocycles. The van der Waals surface area contributed by atoms with Crippen LogP contribution in [0.1, 0.15) is 11.8 Å². The lowest BCUT2D eigenvalue weighted by Gasteiger charge is -2.19. The van der Waals surface area contributed by atoms with Crippen molar-refractivity contribution >= 4 is 40.6 Å². The topological polar surface area (TPSA) is 63.9 Å². The zero-order chi connectivity index (χ0) is 17.6. The van der Waals surface area contributed by atoms with Crippen molar-refractivity contribution in [3.05, 3.63) is 51.7 Å². The van der Waals surface area contributed by atoms with Crippen LogP contribution in [-0.4, -0.2) is 43.3 Å². The summed E-state index contributed by atoms with van der Waals surface area (Å²) in [6.45, 7) is 3.17. The number of aromatic nitrogens is 4. The monoisotopic (exact) mass is 393 g/mol. The molecule has 130 valence electrons. The van der Waals surface area contributed by atoms with E-state index in [-0.39, 0.29) is 11.7 Å². The first-order chi connectivity index (χ1) is 12.2. The van der Waals surface area contributed by atoms with E-state index >= 15 is 0 Å². The molecule has 0 radical (unpaired) electrons. The van der Waals surface area contributed by atoms with Crippen molar-refractivity contribution in [3.63, 3.8) is 0 Å². The maximum atomic E-state index is 12.5. The normalized spacial score (nSPS) is 10.8. The Morgan fingerprint density at radius 2 is 2.08 bits per heavy atom. The number of rotatable bonds is 7. The molecule has 0 N–H and O–H groups in total. The van der Waals surface area contributed by atoms with Crippen LogP contribution in [0.15, 0.2) is 47.6 Å². The fraction of sp³-hybridized carbons (Fsp3) is 0.250. The van der Waals surface area contributed by atoms with Gasteiger partial charge >= 0.3 is 0 Å². The van der Waals surface area contributed by atoms with Crippen LogP contribution < -0.4 is 0 Å². The SMILES string of the molecule is CCN(Cc1ccc(Cl)s1)C(=O)CSc1nnnn1-c1ccccc1. The number of thiophene rings is 1. The number of carbonyl (C=O) groups excluding carboxylic acids is 1. The predicted molar refractivity (Wildman–Crippen MR) is 100 cm³/mol. The molecule has 0 aliphatic carbocycles. The predicted octanol–water partition coefficient (Wildman–Crippen LogP) is 3.52. The van der Waals surface area contributed by atoms with Crippen molar-refractivity contribution in [2.75, 3.05) is 12.3 Å². The van der Waals surface area contributed by atoms with E-state index in [1.54, 1.807) is 9.58 Å². The van der Waals surface area contributed by atoms with Gasteiger partial charge in [-0.3, -0.25) is 4.79 Å². The Bertz CT molecular complexity index is 836. The summed E-state index contributed by atoms with van der Waals surface area (Å²) in [4.78, 5) is 15.4. The van der Waals surface area contributed by atoms with Crippen molar-refractivity contribution in [2.45, 2.75) is 18.6 Å². The molecule has 6 nitrogen and oxygen atoms in total. The molecule has 0 aliphatic rings. The molecule has 0 aliphatic heterocycles. The second kappa shape index (κ2) is 8.46. The highest BCUT2D eigenvalue weighted by molar-refractivity contribution is 7.99. The van der Waals surface area contributed by atoms with Crippen LogP contribution >= 0.6 is 34.7 Å². The number of tetrazole rings is 1. The van der Waals surface area contributed by atoms with E-state index in [4.69, 9.17) is 11.6 Å². The van der Waals surface area contributed by atoms with Crippen molar-refractivity contribution in [3.8, 4) is 5.69 Å². The number of para-hydroxylation sites is 1. The number of hydrogen-bond acceptors (Lipinski definition) is 6. The molecular weight excluding hydrogens is 378 g/mol. The molecule has 0 unspecified atom stereocenters. The van der Waals surface area contributed by atoms with Crippen molar-refractivity contribution in [2.24, 2.45) is 0 Å². The lowest BCUT2D eigenvalue weighted by atomic mass is 10.3. The first-order valence-electron chi connectivity index (χ1n) is 7.66. The quantitative estimate of drug-likeness (QED) is 0.574. The van der Waals surface area contributed by atoms with Gasteiger partial charge in [-0.1, -0.05) is 41.6 Å². The summed E-state index contributed by atoms with van der Waals surface area (Å²) in [6.07, 6.45) is 0. The zero-order valence-electron chi connectivity index (χ0n) is 13.5. The van der Waals surface area contributed by atoms with Gasteiger partial charge in [0, 0.05) is 11.4 Å². The molecule has 0 spiro atoms. The Hall–Kier alpha value is -1.90. The molecule has 25 heavy (non-hydrogen) atoms. The van der Waals surface area contributed by atoms with Gasteiger partial charge in [0.05, 0.1) is 22.3 Å². The van der Waals surface area contributed by atoms with Crippen LogP contribution in [0.3, 0.4) is 0 Å². The third-order valence-electron chi connectivity index (χ3n) is 3.48. The van der Waals surface area contributed by atoms with E-state index in [1.807, 2.05) is 49.4 Å². The van der Waals surface area contributed by atoms with Crippen LogP contribution in [0.4, 0.5) is 0 Å². The minimum absolute atomic E-state index is 0.0413. The van der Waals surface area contributed by atoms with Gasteiger partial charge in [0.15, 0.2) is 0 Å². The third kappa shape index (κ3) is 4.59. The minimum atomic E-state index is 0.0413. The summed E-state index contributed by atoms with van der Waals surface area (Å²) < 4.78 is 2.36. The highest BCUT2D eigenvalue weighted by atomic mass is 35.5. The second-order valence-corrected chi connectivity index (χ2v) is 7.85. The Balaban J connectivity index is 1.63. The molecule has 2 aromatic heterocycles. The van der Waals surface area contributed by atoms with E-state index < -0.39 is 0 Å². The van der Waals surface area contributed by atoms with Gasteiger partial charge < -0.3 is 4.90 Å². The molecule has 3 rings (SSSR count). The summed E-state index contributed by atoms with van der Waals surface area (Å²) in [7, 11) is 0. The van der Waals surface area contributed by atoms with E-state index in [2.05, 4.69) is 15.5 Å². The fourth-order valence-corrected chi connectivity index (χ4v) is 4.12. The highest BCUT2D eigenvalue weighted by Crippen LogP contribution is 2.23. The van der Waals surface area contributed by atoms with Gasteiger partial charge in [-0.2, -0.15) is 4.68 Å². The summed E-state index contributed by atoms with van der Waals surface area (Å²) in [5.74, 6) is 0.319. The number of nitrogens with zero attached hydrogens (tertiary/aromatic N) is 5. The van der Waals surface area contributed by atoms with Crippen LogP contribution in [0, 0.1) is 0 Å². The lowest BCUT2D eigenvalue weighted by molar-refractivity contribution is -0.128. The molecule has 0 fully saturated rings. The summed E-state index contributed by atoms with van der Waals surface area (Å²) >= 11 is 8.78. The molecular formula is C16H16ClN5OS2. The van der Waals surface area contributed by atoms with E-state index in [0.717, 1.165) is 14.9 Å². The number of halogens is 1. The Kier molecular flexibility index (Phi) is 6.06. The van der Waals surface area contributed by atoms with Gasteiger partial charge in [0.1, 0.15) is 0 Å². The molecule has 9 heteroatoms. The first kappa shape index (κ1) is 17.9. The number of benzene rings is 1. The molecule has 0 bridgehead atoms. The maximum Gasteiger partial charge on any atom is 0.233 e. The number of hydrogen-bond donors (Lipinski definition) is 0. The maximum absolute atomic E-state index is 12.5. The van der Waals surface area contributed by atoms with E-state index in [9.17, 15) is 4.79 Å². The second-order valence-electron chi connectivity index (χ2n) is 5.11. The van der Waals surface area contributed by atoms with Gasteiger partial charge in [-0.15, -0.1) is 16.4 Å². The van der Waals surface area contributed by atoms with Gasteiger partial charge in [-0.05, 0) is 41.6 Å². The minimum Gasteiger partial charge on any atom is -0.337 e. The van der Waals surface area contributed by atoms with Gasteiger partial charge in [0.2, 0.25) is 11.1 Å². The van der Waals surface area contributed by atoms with E-state index in [0.29, 0.717) is 18.2 Å². The lowest BCUT2D eigenvalue weighted by Crippen LogP contribution is -2.31. The highest BCUT2D eigenvalue weighted by Gasteiger charge is 2.16. The molecule has 2 heterocycles. The van der Waals surface area contributed by atoms with E-state index in [1.165, 1.54) is 23.1 Å². The van der Waals surface area contributed by atoms with Crippen molar-refractivity contribution < 1.29 is 4.79 Å². The largest absolute Gasteiger partial charge is 0.337 e. The third-order valence-corrected chi connectivity index (χ3v) is 5.60. The van der Waals surface area contributed by atoms with Crippen LogP contribution in [-0.2, 0) is 11.3 Å². The first-order valence-corrected chi connectivity index (χ1v) is 9.84. The zero-order valence-corrected chi connectivity index (χ0v) is 15.9. The Morgan fingerprint density at radius 1 is 1.28 bits per heavy atom. The van der Waals surface area contributed by atoms with Crippen LogP contribution in [0.2, 0.25) is 4.34 Å². The molecule has 0 atom stereocenters. The number of amides is 1. The molecule has 0 saturated heterocycles. The van der Waals surface area contributed by atoms with Crippen molar-refractivity contribution in [1.82, 2.24) is 25.1 Å². The van der Waals surface area contributed by atoms with Gasteiger partial charge in [0.25, 0.3) is 0 Å². The fourth-order valence-electron chi connectivity index (χ4n) is 2.22. The van der Waals surface area contributed by atoms with Gasteiger partial charge in [-0.25, -0.2) is 0 Å². The smallest absolute Gasteiger partial charge is 0.233 e. The standard InChI is InChI=1S/C16H16ClN5OS2/c1-2-21(10-13-8-9-14(17)25-13)15(23)11-24-16-18-19-20-22(16)12-6-4-3-5-7-12/h3-9H,2,10-11H2,1H3. The van der Waals surface area contributed by atoms with Crippen LogP contribution in [0.25, 0.3) is 5.69 Å². The Morgan fingerprint density at radius 3 is 2.76 bits per heavy atom. The summed E-state index contributed by atoms with van der Waals surface area (Å²) in [5, 5.41) is 12.3. The average Bonchev–Trinajstić information content (AvgIpc) is 3.27. The van der Waals surface area contributed by atoms with Crippen LogP contribution in [0.5, 0.6) is 0 Å².